The van der Waals surface area contributed by atoms with Gasteiger partial charge in [0, 0.05) is 11.2 Å². The van der Waals surface area contributed by atoms with Crippen molar-refractivity contribution in [1.82, 2.24) is 4.98 Å². The third-order valence-corrected chi connectivity index (χ3v) is 2.86. The van der Waals surface area contributed by atoms with Gasteiger partial charge in [-0.3, -0.25) is 0 Å². The van der Waals surface area contributed by atoms with Crippen LogP contribution in [0.2, 0.25) is 5.02 Å². The normalized spacial score (nSPS) is 10.1. The smallest absolute Gasteiger partial charge is 0.340 e. The molecule has 5 nitrogen and oxygen atoms in total. The maximum absolute atomic E-state index is 11.5. The van der Waals surface area contributed by atoms with Gasteiger partial charge in [0.1, 0.15) is 12.3 Å². The van der Waals surface area contributed by atoms with E-state index in [1.807, 2.05) is 12.1 Å². The number of anilines is 1. The first-order chi connectivity index (χ1) is 9.61. The molecule has 0 saturated heterocycles. The van der Waals surface area contributed by atoms with E-state index in [1.165, 1.54) is 19.4 Å². The van der Waals surface area contributed by atoms with Crippen molar-refractivity contribution in [3.05, 3.63) is 52.7 Å². The first kappa shape index (κ1) is 14.1. The first-order valence-corrected chi connectivity index (χ1v) is 6.19. The van der Waals surface area contributed by atoms with E-state index < -0.39 is 5.97 Å². The number of carbonyl (C=O) groups excluding carboxylic acids is 1. The minimum Gasteiger partial charge on any atom is -0.471 e. The van der Waals surface area contributed by atoms with E-state index in [9.17, 15) is 4.79 Å². The zero-order chi connectivity index (χ0) is 14.5. The summed E-state index contributed by atoms with van der Waals surface area (Å²) in [4.78, 5) is 15.5. The molecule has 0 fully saturated rings. The van der Waals surface area contributed by atoms with Gasteiger partial charge in [0.2, 0.25) is 5.88 Å². The van der Waals surface area contributed by atoms with Gasteiger partial charge < -0.3 is 15.2 Å². The number of methoxy groups -OCH3 is 1. The van der Waals surface area contributed by atoms with E-state index in [0.717, 1.165) is 5.56 Å². The second-order valence-corrected chi connectivity index (χ2v) is 4.42. The summed E-state index contributed by atoms with van der Waals surface area (Å²) in [6.07, 6.45) is 1.44. The Morgan fingerprint density at radius 1 is 1.40 bits per heavy atom. The lowest BCUT2D eigenvalue weighted by atomic mass is 10.2. The quantitative estimate of drug-likeness (QED) is 0.877. The Labute approximate surface area is 121 Å². The van der Waals surface area contributed by atoms with Crippen LogP contribution in [-0.2, 0) is 11.3 Å². The van der Waals surface area contributed by atoms with Crippen LogP contribution in [0.5, 0.6) is 5.88 Å². The predicted octanol–water partition coefficient (Wildman–Crippen LogP) is 2.68. The third kappa shape index (κ3) is 3.19. The van der Waals surface area contributed by atoms with Crippen LogP contribution < -0.4 is 10.5 Å². The molecule has 2 N–H and O–H groups in total. The van der Waals surface area contributed by atoms with Crippen LogP contribution in [0.3, 0.4) is 0 Å². The van der Waals surface area contributed by atoms with Crippen molar-refractivity contribution in [2.24, 2.45) is 0 Å². The standard InChI is InChI=1S/C14H13ClN2O3/c1-19-14(18)11-5-6-17-13(12(11)16)20-8-9-3-2-4-10(15)7-9/h2-7H,8,16H2,1H3. The lowest BCUT2D eigenvalue weighted by Crippen LogP contribution is -2.09. The number of nitrogen functional groups attached to an aromatic ring is 1. The fourth-order valence-corrected chi connectivity index (χ4v) is 1.85. The van der Waals surface area contributed by atoms with E-state index in [0.29, 0.717) is 5.02 Å². The van der Waals surface area contributed by atoms with Gasteiger partial charge in [0.15, 0.2) is 0 Å². The maximum atomic E-state index is 11.5. The molecule has 1 aromatic carbocycles. The SMILES string of the molecule is COC(=O)c1ccnc(OCc2cccc(Cl)c2)c1N. The lowest BCUT2D eigenvalue weighted by Gasteiger charge is -2.10. The fourth-order valence-electron chi connectivity index (χ4n) is 1.64. The maximum Gasteiger partial charge on any atom is 0.340 e. The van der Waals surface area contributed by atoms with Crippen molar-refractivity contribution in [3.8, 4) is 5.88 Å². The number of nitrogens with two attached hydrogens (primary N) is 1. The second-order valence-electron chi connectivity index (χ2n) is 3.99. The number of nitrogens with zero attached hydrogens (tertiary/aromatic N) is 1. The molecule has 20 heavy (non-hydrogen) atoms. The Kier molecular flexibility index (Phi) is 4.42. The number of esters is 1. The van der Waals surface area contributed by atoms with E-state index in [-0.39, 0.29) is 23.7 Å². The van der Waals surface area contributed by atoms with Crippen molar-refractivity contribution in [2.75, 3.05) is 12.8 Å². The van der Waals surface area contributed by atoms with Crippen molar-refractivity contribution >= 4 is 23.3 Å². The number of hydrogen-bond acceptors (Lipinski definition) is 5. The Morgan fingerprint density at radius 3 is 2.90 bits per heavy atom. The van der Waals surface area contributed by atoms with Crippen LogP contribution >= 0.6 is 11.6 Å². The van der Waals surface area contributed by atoms with Crippen LogP contribution in [0.1, 0.15) is 15.9 Å². The first-order valence-electron chi connectivity index (χ1n) is 5.82. The number of benzene rings is 1. The van der Waals surface area contributed by atoms with Crippen molar-refractivity contribution in [3.63, 3.8) is 0 Å². The zero-order valence-electron chi connectivity index (χ0n) is 10.8. The van der Waals surface area contributed by atoms with Crippen molar-refractivity contribution in [1.29, 1.82) is 0 Å². The summed E-state index contributed by atoms with van der Waals surface area (Å²) in [7, 11) is 1.29. The van der Waals surface area contributed by atoms with Crippen LogP contribution in [0, 0.1) is 0 Å². The molecule has 0 spiro atoms. The summed E-state index contributed by atoms with van der Waals surface area (Å²) in [5, 5.41) is 0.621. The highest BCUT2D eigenvalue weighted by Gasteiger charge is 2.14. The average molecular weight is 293 g/mol. The molecule has 0 unspecified atom stereocenters. The van der Waals surface area contributed by atoms with E-state index >= 15 is 0 Å². The number of pyridine rings is 1. The Hall–Kier alpha value is -2.27. The van der Waals surface area contributed by atoms with Crippen LogP contribution in [0.15, 0.2) is 36.5 Å². The Balaban J connectivity index is 2.16. The summed E-state index contributed by atoms with van der Waals surface area (Å²) in [6, 6.07) is 8.72. The number of hydrogen-bond donors (Lipinski definition) is 1. The summed E-state index contributed by atoms with van der Waals surface area (Å²) < 4.78 is 10.1. The molecule has 0 atom stereocenters. The van der Waals surface area contributed by atoms with Crippen LogP contribution in [-0.4, -0.2) is 18.1 Å². The highest BCUT2D eigenvalue weighted by molar-refractivity contribution is 6.30. The molecule has 6 heteroatoms. The molecule has 2 aromatic rings. The zero-order valence-corrected chi connectivity index (χ0v) is 11.6. The van der Waals surface area contributed by atoms with Crippen LogP contribution in [0.25, 0.3) is 0 Å². The molecule has 104 valence electrons. The van der Waals surface area contributed by atoms with Gasteiger partial charge in [-0.2, -0.15) is 0 Å². The number of rotatable bonds is 4. The predicted molar refractivity (Wildman–Crippen MR) is 75.8 cm³/mol. The average Bonchev–Trinajstić information content (AvgIpc) is 2.45. The summed E-state index contributed by atoms with van der Waals surface area (Å²) in [5.41, 5.74) is 7.10. The summed E-state index contributed by atoms with van der Waals surface area (Å²) >= 11 is 5.89. The molecule has 0 aliphatic carbocycles. The third-order valence-electron chi connectivity index (χ3n) is 2.62. The number of ether oxygens (including phenoxy) is 2. The monoisotopic (exact) mass is 292 g/mol. The number of aromatic nitrogens is 1. The number of halogens is 1. The number of carbonyl (C=O) groups is 1. The highest BCUT2D eigenvalue weighted by atomic mass is 35.5. The Morgan fingerprint density at radius 2 is 2.20 bits per heavy atom. The second kappa shape index (κ2) is 6.25. The molecule has 0 bridgehead atoms. The summed E-state index contributed by atoms with van der Waals surface area (Å²) in [5.74, 6) is -0.342. The Bertz CT molecular complexity index is 632. The van der Waals surface area contributed by atoms with E-state index in [4.69, 9.17) is 22.1 Å². The van der Waals surface area contributed by atoms with Crippen LogP contribution in [0.4, 0.5) is 5.69 Å². The molecule has 0 aliphatic heterocycles. The topological polar surface area (TPSA) is 74.4 Å². The largest absolute Gasteiger partial charge is 0.471 e. The molecule has 0 aliphatic rings. The van der Waals surface area contributed by atoms with Gasteiger partial charge in [-0.15, -0.1) is 0 Å². The minimum atomic E-state index is -0.530. The fraction of sp³-hybridized carbons (Fsp3) is 0.143. The van der Waals surface area contributed by atoms with Gasteiger partial charge >= 0.3 is 5.97 Å². The molecular formula is C14H13ClN2O3. The molecule has 0 amide bonds. The molecular weight excluding hydrogens is 280 g/mol. The van der Waals surface area contributed by atoms with Crippen molar-refractivity contribution < 1.29 is 14.3 Å². The molecule has 1 heterocycles. The summed E-state index contributed by atoms with van der Waals surface area (Å²) in [6.45, 7) is 0.252. The van der Waals surface area contributed by atoms with Gasteiger partial charge in [0.05, 0.1) is 12.7 Å². The lowest BCUT2D eigenvalue weighted by molar-refractivity contribution is 0.0601. The highest BCUT2D eigenvalue weighted by Crippen LogP contribution is 2.24. The molecule has 1 aromatic heterocycles. The van der Waals surface area contributed by atoms with Gasteiger partial charge in [0.25, 0.3) is 0 Å². The molecule has 0 saturated carbocycles. The van der Waals surface area contributed by atoms with E-state index in [2.05, 4.69) is 9.72 Å². The molecule has 2 rings (SSSR count). The van der Waals surface area contributed by atoms with Gasteiger partial charge in [-0.25, -0.2) is 9.78 Å². The van der Waals surface area contributed by atoms with Gasteiger partial charge in [-0.1, -0.05) is 23.7 Å². The van der Waals surface area contributed by atoms with Crippen molar-refractivity contribution in [2.45, 2.75) is 6.61 Å². The minimum absolute atomic E-state index is 0.154. The van der Waals surface area contributed by atoms with E-state index in [1.54, 1.807) is 12.1 Å². The molecule has 0 radical (unpaired) electrons. The van der Waals surface area contributed by atoms with Gasteiger partial charge in [-0.05, 0) is 23.8 Å².